The molecule has 0 spiro atoms. The lowest BCUT2D eigenvalue weighted by Gasteiger charge is -2.12. The van der Waals surface area contributed by atoms with Gasteiger partial charge in [-0.1, -0.05) is 6.07 Å². The second kappa shape index (κ2) is 6.26. The van der Waals surface area contributed by atoms with Crippen LogP contribution in [0.4, 0.5) is 4.39 Å². The normalized spacial score (nSPS) is 10.3. The summed E-state index contributed by atoms with van der Waals surface area (Å²) >= 11 is 3.31. The number of benzene rings is 2. The lowest BCUT2D eigenvalue weighted by molar-refractivity contribution is 0.103. The molecule has 0 amide bonds. The van der Waals surface area contributed by atoms with E-state index >= 15 is 0 Å². The van der Waals surface area contributed by atoms with E-state index in [0.29, 0.717) is 16.0 Å². The number of hydrogen-bond donors (Lipinski definition) is 0. The molecule has 5 heteroatoms. The van der Waals surface area contributed by atoms with Gasteiger partial charge in [-0.3, -0.25) is 4.79 Å². The maximum Gasteiger partial charge on any atom is 0.200 e. The molecule has 0 saturated heterocycles. The Morgan fingerprint density at radius 2 is 1.86 bits per heavy atom. The van der Waals surface area contributed by atoms with Crippen LogP contribution >= 0.6 is 15.9 Å². The lowest BCUT2D eigenvalue weighted by atomic mass is 10.0. The first-order valence-electron chi connectivity index (χ1n) is 6.20. The fourth-order valence-corrected chi connectivity index (χ4v) is 2.60. The second-order valence-electron chi connectivity index (χ2n) is 4.50. The molecule has 0 atom stereocenters. The largest absolute Gasteiger partial charge is 0.497 e. The minimum atomic E-state index is -0.551. The van der Waals surface area contributed by atoms with Gasteiger partial charge in [-0.05, 0) is 46.6 Å². The number of methoxy groups -OCH3 is 2. The SMILES string of the molecule is COc1cc(Br)c(C(=O)c2ccc(C)cc2F)c(OC)c1. The van der Waals surface area contributed by atoms with Crippen molar-refractivity contribution < 1.29 is 18.7 Å². The lowest BCUT2D eigenvalue weighted by Crippen LogP contribution is -2.08. The molecule has 3 nitrogen and oxygen atoms in total. The topological polar surface area (TPSA) is 35.5 Å². The first-order valence-corrected chi connectivity index (χ1v) is 6.99. The zero-order valence-electron chi connectivity index (χ0n) is 11.9. The number of carbonyl (C=O) groups is 1. The van der Waals surface area contributed by atoms with Gasteiger partial charge in [0.05, 0.1) is 25.3 Å². The fraction of sp³-hybridized carbons (Fsp3) is 0.188. The van der Waals surface area contributed by atoms with Crippen molar-refractivity contribution in [3.63, 3.8) is 0 Å². The molecule has 0 aliphatic heterocycles. The second-order valence-corrected chi connectivity index (χ2v) is 5.35. The molecule has 0 aliphatic rings. The molecular weight excluding hydrogens is 339 g/mol. The predicted octanol–water partition coefficient (Wildman–Crippen LogP) is 4.14. The fourth-order valence-electron chi connectivity index (χ4n) is 2.00. The van der Waals surface area contributed by atoms with E-state index in [4.69, 9.17) is 9.47 Å². The number of halogens is 2. The summed E-state index contributed by atoms with van der Waals surface area (Å²) in [6.45, 7) is 1.77. The van der Waals surface area contributed by atoms with Gasteiger partial charge in [0.15, 0.2) is 0 Å². The Hall–Kier alpha value is -1.88. The average Bonchev–Trinajstić information content (AvgIpc) is 2.45. The predicted molar refractivity (Wildman–Crippen MR) is 81.8 cm³/mol. The summed E-state index contributed by atoms with van der Waals surface area (Å²) in [5.74, 6) is -0.130. The summed E-state index contributed by atoms with van der Waals surface area (Å²) in [6, 6.07) is 7.73. The van der Waals surface area contributed by atoms with Gasteiger partial charge in [-0.25, -0.2) is 4.39 Å². The van der Waals surface area contributed by atoms with E-state index in [9.17, 15) is 9.18 Å². The summed E-state index contributed by atoms with van der Waals surface area (Å²) in [5.41, 5.74) is 1.02. The van der Waals surface area contributed by atoms with Crippen molar-refractivity contribution >= 4 is 21.7 Å². The highest BCUT2D eigenvalue weighted by molar-refractivity contribution is 9.10. The number of hydrogen-bond acceptors (Lipinski definition) is 3. The molecule has 0 aliphatic carbocycles. The van der Waals surface area contributed by atoms with E-state index in [0.717, 1.165) is 5.56 Å². The number of ketones is 1. The van der Waals surface area contributed by atoms with Gasteiger partial charge >= 0.3 is 0 Å². The van der Waals surface area contributed by atoms with E-state index in [1.807, 2.05) is 0 Å². The highest BCUT2D eigenvalue weighted by atomic mass is 79.9. The Kier molecular flexibility index (Phi) is 4.63. The monoisotopic (exact) mass is 352 g/mol. The third-order valence-corrected chi connectivity index (χ3v) is 3.70. The van der Waals surface area contributed by atoms with E-state index < -0.39 is 11.6 Å². The van der Waals surface area contributed by atoms with Crippen molar-refractivity contribution in [1.82, 2.24) is 0 Å². The van der Waals surface area contributed by atoms with E-state index in [1.54, 1.807) is 25.1 Å². The highest BCUT2D eigenvalue weighted by Gasteiger charge is 2.22. The van der Waals surface area contributed by atoms with Crippen molar-refractivity contribution in [3.05, 3.63) is 57.3 Å². The van der Waals surface area contributed by atoms with Crippen molar-refractivity contribution in [2.45, 2.75) is 6.92 Å². The summed E-state index contributed by atoms with van der Waals surface area (Å²) < 4.78 is 24.8. The van der Waals surface area contributed by atoms with Gasteiger partial charge in [0.25, 0.3) is 0 Å². The molecular formula is C16H14BrFO3. The van der Waals surface area contributed by atoms with Gasteiger partial charge in [-0.2, -0.15) is 0 Å². The highest BCUT2D eigenvalue weighted by Crippen LogP contribution is 2.34. The van der Waals surface area contributed by atoms with Gasteiger partial charge in [0.1, 0.15) is 17.3 Å². The van der Waals surface area contributed by atoms with Crippen LogP contribution in [-0.4, -0.2) is 20.0 Å². The maximum atomic E-state index is 14.0. The molecule has 110 valence electrons. The summed E-state index contributed by atoms with van der Waals surface area (Å²) in [4.78, 5) is 12.6. The van der Waals surface area contributed by atoms with Crippen LogP contribution in [0.5, 0.6) is 11.5 Å². The van der Waals surface area contributed by atoms with Crippen molar-refractivity contribution in [2.75, 3.05) is 14.2 Å². The Balaban J connectivity index is 2.57. The molecule has 0 unspecified atom stereocenters. The van der Waals surface area contributed by atoms with Gasteiger partial charge in [0, 0.05) is 10.5 Å². The van der Waals surface area contributed by atoms with Crippen LogP contribution in [0.15, 0.2) is 34.8 Å². The molecule has 2 rings (SSSR count). The third kappa shape index (κ3) is 3.08. The summed E-state index contributed by atoms with van der Waals surface area (Å²) in [6.07, 6.45) is 0. The van der Waals surface area contributed by atoms with Crippen LogP contribution in [0, 0.1) is 12.7 Å². The number of ether oxygens (including phenoxy) is 2. The van der Waals surface area contributed by atoms with Crippen LogP contribution in [0.1, 0.15) is 21.5 Å². The van der Waals surface area contributed by atoms with E-state index in [-0.39, 0.29) is 11.1 Å². The Labute approximate surface area is 130 Å². The van der Waals surface area contributed by atoms with E-state index in [1.165, 1.54) is 26.4 Å². The van der Waals surface area contributed by atoms with Crippen LogP contribution in [0.3, 0.4) is 0 Å². The third-order valence-electron chi connectivity index (χ3n) is 3.08. The van der Waals surface area contributed by atoms with Crippen LogP contribution in [0.25, 0.3) is 0 Å². The summed E-state index contributed by atoms with van der Waals surface area (Å²) in [7, 11) is 2.96. The molecule has 0 aromatic heterocycles. The van der Waals surface area contributed by atoms with Crippen molar-refractivity contribution in [2.24, 2.45) is 0 Å². The molecule has 0 heterocycles. The number of carbonyl (C=O) groups excluding carboxylic acids is 1. The van der Waals surface area contributed by atoms with Gasteiger partial charge in [0.2, 0.25) is 5.78 Å². The zero-order chi connectivity index (χ0) is 15.6. The Morgan fingerprint density at radius 3 is 2.43 bits per heavy atom. The van der Waals surface area contributed by atoms with Crippen LogP contribution in [-0.2, 0) is 0 Å². The van der Waals surface area contributed by atoms with Gasteiger partial charge in [-0.15, -0.1) is 0 Å². The Bertz CT molecular complexity index is 698. The molecule has 0 saturated carbocycles. The van der Waals surface area contributed by atoms with Gasteiger partial charge < -0.3 is 9.47 Å². The molecule has 0 radical (unpaired) electrons. The molecule has 2 aromatic rings. The maximum absolute atomic E-state index is 14.0. The van der Waals surface area contributed by atoms with Crippen molar-refractivity contribution in [1.29, 1.82) is 0 Å². The first kappa shape index (κ1) is 15.5. The summed E-state index contributed by atoms with van der Waals surface area (Å²) in [5, 5.41) is 0. The average molecular weight is 353 g/mol. The smallest absolute Gasteiger partial charge is 0.200 e. The molecule has 0 fully saturated rings. The first-order chi connectivity index (χ1) is 9.97. The minimum Gasteiger partial charge on any atom is -0.497 e. The zero-order valence-corrected chi connectivity index (χ0v) is 13.5. The Morgan fingerprint density at radius 1 is 1.14 bits per heavy atom. The molecule has 21 heavy (non-hydrogen) atoms. The van der Waals surface area contributed by atoms with Crippen molar-refractivity contribution in [3.8, 4) is 11.5 Å². The van der Waals surface area contributed by atoms with Crippen LogP contribution < -0.4 is 9.47 Å². The number of rotatable bonds is 4. The van der Waals surface area contributed by atoms with Crippen LogP contribution in [0.2, 0.25) is 0 Å². The molecule has 0 N–H and O–H groups in total. The molecule has 0 bridgehead atoms. The van der Waals surface area contributed by atoms with E-state index in [2.05, 4.69) is 15.9 Å². The quantitative estimate of drug-likeness (QED) is 0.775. The standard InChI is InChI=1S/C16H14BrFO3/c1-9-4-5-11(13(18)6-9)16(19)15-12(17)7-10(20-2)8-14(15)21-3/h4-8H,1-3H3. The molecule has 2 aromatic carbocycles. The number of aryl methyl sites for hydroxylation is 1. The minimum absolute atomic E-state index is 0.00441.